The minimum absolute atomic E-state index is 0.100. The number of aromatic nitrogens is 2. The predicted molar refractivity (Wildman–Crippen MR) is 199 cm³/mol. The first-order valence-corrected chi connectivity index (χ1v) is 19.0. The zero-order valence-electron chi connectivity index (χ0n) is 32.8. The summed E-state index contributed by atoms with van der Waals surface area (Å²) in [6.07, 6.45) is 12.8. The maximum atomic E-state index is 13.5. The largest absolute Gasteiger partial charge is 0.462 e. The van der Waals surface area contributed by atoms with Gasteiger partial charge in [-0.25, -0.2) is 14.8 Å². The monoisotopic (exact) mass is 708 g/mol. The third-order valence-electron chi connectivity index (χ3n) is 14.0. The van der Waals surface area contributed by atoms with Crippen LogP contribution in [0.2, 0.25) is 0 Å². The number of hydrogen-bond acceptors (Lipinski definition) is 8. The third-order valence-corrected chi connectivity index (χ3v) is 14.0. The van der Waals surface area contributed by atoms with Gasteiger partial charge in [0.05, 0.1) is 12.0 Å². The Kier molecular flexibility index (Phi) is 12.3. The van der Waals surface area contributed by atoms with Crippen LogP contribution in [0.25, 0.3) is 0 Å². The fourth-order valence-corrected chi connectivity index (χ4v) is 11.5. The Labute approximate surface area is 305 Å². The molecule has 8 atom stereocenters. The van der Waals surface area contributed by atoms with E-state index in [1.54, 1.807) is 26.1 Å². The van der Waals surface area contributed by atoms with Gasteiger partial charge in [-0.05, 0) is 110 Å². The zero-order chi connectivity index (χ0) is 38.0. The average molecular weight is 709 g/mol. The number of aldehydes is 2. The molecule has 4 saturated carbocycles. The maximum Gasteiger partial charge on any atom is 0.321 e. The molecule has 0 spiro atoms. The first-order chi connectivity index (χ1) is 23.9. The van der Waals surface area contributed by atoms with Gasteiger partial charge in [0.15, 0.2) is 0 Å². The van der Waals surface area contributed by atoms with Crippen LogP contribution in [0, 0.1) is 51.2 Å². The fraction of sp³-hybridized carbons (Fsp3) is 0.756. The Bertz CT molecular complexity index is 1460. The molecule has 10 heteroatoms. The van der Waals surface area contributed by atoms with Crippen molar-refractivity contribution in [2.75, 3.05) is 12.4 Å². The summed E-state index contributed by atoms with van der Waals surface area (Å²) in [4.78, 5) is 58.5. The molecule has 4 aliphatic rings. The highest BCUT2D eigenvalue weighted by Gasteiger charge is 2.66. The number of nitrogens with one attached hydrogen (secondary N) is 2. The van der Waals surface area contributed by atoms with E-state index in [0.717, 1.165) is 64.6 Å². The molecule has 4 fully saturated rings. The second kappa shape index (κ2) is 15.5. The van der Waals surface area contributed by atoms with Crippen LogP contribution < -0.4 is 10.6 Å². The SMILES string of the molecule is C/C(=C1/C2CCC3C(C)(CCC4C(C)(C)C(OC(=O)CC(C)(C)C=O)CCC43C)C2CCC1(CC=O)NC(=O)Nc1ccncn1)C(C)C.CO. The quantitative estimate of drug-likeness (QED) is 0.134. The number of allylic oxidation sites excluding steroid dienone is 1. The number of carbonyl (C=O) groups is 4. The van der Waals surface area contributed by atoms with Gasteiger partial charge in [0, 0.05) is 30.6 Å². The molecule has 1 aromatic rings. The van der Waals surface area contributed by atoms with Crippen molar-refractivity contribution in [3.05, 3.63) is 29.7 Å². The smallest absolute Gasteiger partial charge is 0.321 e. The molecule has 51 heavy (non-hydrogen) atoms. The number of fused-ring (bicyclic) bond motifs is 5. The molecule has 0 aliphatic heterocycles. The van der Waals surface area contributed by atoms with E-state index >= 15 is 0 Å². The number of nitrogens with zero attached hydrogens (tertiary/aromatic N) is 2. The molecule has 2 amide bonds. The van der Waals surface area contributed by atoms with E-state index in [-0.39, 0.29) is 59.0 Å². The molecular formula is C41H64N4O6. The Hall–Kier alpha value is -3.14. The summed E-state index contributed by atoms with van der Waals surface area (Å²) < 4.78 is 6.18. The average Bonchev–Trinajstić information content (AvgIpc) is 3.06. The molecule has 0 radical (unpaired) electrons. The van der Waals surface area contributed by atoms with Gasteiger partial charge in [-0.15, -0.1) is 0 Å². The van der Waals surface area contributed by atoms with Crippen LogP contribution >= 0.6 is 0 Å². The van der Waals surface area contributed by atoms with Crippen LogP contribution in [0.15, 0.2) is 29.7 Å². The Balaban J connectivity index is 0.00000286. The molecular weight excluding hydrogens is 644 g/mol. The van der Waals surface area contributed by atoms with Crippen LogP contribution in [0.1, 0.15) is 127 Å². The van der Waals surface area contributed by atoms with E-state index in [0.29, 0.717) is 30.0 Å². The van der Waals surface area contributed by atoms with Crippen LogP contribution in [-0.4, -0.2) is 58.4 Å². The highest BCUT2D eigenvalue weighted by Crippen LogP contribution is 2.71. The second-order valence-electron chi connectivity index (χ2n) is 18.0. The number of carbonyl (C=O) groups excluding carboxylic acids is 4. The van der Waals surface area contributed by atoms with Gasteiger partial charge in [-0.2, -0.15) is 0 Å². The predicted octanol–water partition coefficient (Wildman–Crippen LogP) is 7.71. The van der Waals surface area contributed by atoms with Gasteiger partial charge in [0.25, 0.3) is 0 Å². The lowest BCUT2D eigenvalue weighted by atomic mass is 9.36. The molecule has 0 saturated heterocycles. The Morgan fingerprint density at radius 2 is 1.69 bits per heavy atom. The van der Waals surface area contributed by atoms with Crippen LogP contribution in [0.5, 0.6) is 0 Å². The van der Waals surface area contributed by atoms with Crippen molar-refractivity contribution in [3.63, 3.8) is 0 Å². The summed E-state index contributed by atoms with van der Waals surface area (Å²) in [5, 5.41) is 13.2. The topological polar surface area (TPSA) is 148 Å². The van der Waals surface area contributed by atoms with Gasteiger partial charge in [-0.3, -0.25) is 10.1 Å². The molecule has 1 aromatic heterocycles. The first kappa shape index (κ1) is 40.6. The molecule has 5 rings (SSSR count). The summed E-state index contributed by atoms with van der Waals surface area (Å²) in [5.74, 6) is 2.09. The molecule has 4 aliphatic carbocycles. The van der Waals surface area contributed by atoms with E-state index in [1.807, 2.05) is 0 Å². The number of anilines is 1. The van der Waals surface area contributed by atoms with Gasteiger partial charge in [-0.1, -0.05) is 61.0 Å². The van der Waals surface area contributed by atoms with Crippen molar-refractivity contribution >= 4 is 30.4 Å². The third kappa shape index (κ3) is 7.67. The number of rotatable bonds is 9. The van der Waals surface area contributed by atoms with E-state index in [9.17, 15) is 19.2 Å². The Morgan fingerprint density at radius 1 is 1.00 bits per heavy atom. The summed E-state index contributed by atoms with van der Waals surface area (Å²) in [5.41, 5.74) is 1.11. The molecule has 0 aromatic carbocycles. The summed E-state index contributed by atoms with van der Waals surface area (Å²) >= 11 is 0. The van der Waals surface area contributed by atoms with Gasteiger partial charge < -0.3 is 24.7 Å². The minimum Gasteiger partial charge on any atom is -0.462 e. The van der Waals surface area contributed by atoms with E-state index < -0.39 is 11.0 Å². The summed E-state index contributed by atoms with van der Waals surface area (Å²) in [6.45, 7) is 19.9. The normalized spacial score (nSPS) is 35.0. The first-order valence-electron chi connectivity index (χ1n) is 19.0. The Morgan fingerprint density at radius 3 is 2.29 bits per heavy atom. The van der Waals surface area contributed by atoms with Crippen LogP contribution in [0.3, 0.4) is 0 Å². The highest BCUT2D eigenvalue weighted by atomic mass is 16.5. The van der Waals surface area contributed by atoms with Crippen molar-refractivity contribution in [1.82, 2.24) is 15.3 Å². The molecule has 8 unspecified atom stereocenters. The van der Waals surface area contributed by atoms with Gasteiger partial charge in [0.2, 0.25) is 0 Å². The van der Waals surface area contributed by atoms with Crippen molar-refractivity contribution in [3.8, 4) is 0 Å². The fourth-order valence-electron chi connectivity index (χ4n) is 11.5. The molecule has 3 N–H and O–H groups in total. The van der Waals surface area contributed by atoms with Crippen molar-refractivity contribution < 1.29 is 29.0 Å². The lowest BCUT2D eigenvalue weighted by Crippen LogP contribution is -2.65. The van der Waals surface area contributed by atoms with E-state index in [1.165, 1.54) is 17.5 Å². The van der Waals surface area contributed by atoms with Crippen molar-refractivity contribution in [2.24, 2.45) is 51.2 Å². The lowest BCUT2D eigenvalue weighted by molar-refractivity contribution is -0.213. The molecule has 0 bridgehead atoms. The number of esters is 1. The molecule has 1 heterocycles. The zero-order valence-corrected chi connectivity index (χ0v) is 32.8. The van der Waals surface area contributed by atoms with E-state index in [4.69, 9.17) is 9.84 Å². The van der Waals surface area contributed by atoms with E-state index in [2.05, 4.69) is 69.1 Å². The van der Waals surface area contributed by atoms with Crippen LogP contribution in [0.4, 0.5) is 10.6 Å². The number of urea groups is 1. The number of amides is 2. The summed E-state index contributed by atoms with van der Waals surface area (Å²) in [6, 6.07) is 1.31. The summed E-state index contributed by atoms with van der Waals surface area (Å²) in [7, 11) is 1.00. The molecule has 10 nitrogen and oxygen atoms in total. The minimum atomic E-state index is -0.749. The number of aliphatic hydroxyl groups is 1. The van der Waals surface area contributed by atoms with Crippen molar-refractivity contribution in [1.29, 1.82) is 0 Å². The number of aliphatic hydroxyl groups excluding tert-OH is 1. The second-order valence-corrected chi connectivity index (χ2v) is 18.0. The lowest BCUT2D eigenvalue weighted by Gasteiger charge is -2.69. The van der Waals surface area contributed by atoms with Gasteiger partial charge in [0.1, 0.15) is 30.8 Å². The molecule has 284 valence electrons. The van der Waals surface area contributed by atoms with Crippen LogP contribution in [-0.2, 0) is 19.1 Å². The number of hydrogen-bond donors (Lipinski definition) is 3. The standard InChI is InChI=1S/C40H60N4O5.CH4O/c1-25(2)26(3)34-27-10-11-30-38(8,28(27)12-18-40(34,19-21-45)44-35(48)43-32-15-20-41-24-42-32)16-13-29-37(6,7)31(14-17-39(29,30)9)49-33(47)22-36(4,5)23-46;1-2/h15,20-21,23-25,27-31H,10-14,16-19,22H2,1-9H3,(H2,41,42,43,44,48);2H,1H3/b34-26+;. The number of ether oxygens (including phenoxy) is 1. The highest BCUT2D eigenvalue weighted by molar-refractivity contribution is 5.89. The van der Waals surface area contributed by atoms with Gasteiger partial charge >= 0.3 is 12.0 Å². The van der Waals surface area contributed by atoms with Crippen molar-refractivity contribution in [2.45, 2.75) is 138 Å². The maximum absolute atomic E-state index is 13.5.